The van der Waals surface area contributed by atoms with Gasteiger partial charge in [0.05, 0.1) is 16.6 Å². The molecule has 4 aromatic rings. The van der Waals surface area contributed by atoms with Crippen LogP contribution in [0.15, 0.2) is 33.5 Å². The molecule has 0 spiro atoms. The summed E-state index contributed by atoms with van der Waals surface area (Å²) in [4.78, 5) is 23.1. The zero-order valence-corrected chi connectivity index (χ0v) is 28.1. The Morgan fingerprint density at radius 2 is 1.27 bits per heavy atom. The van der Waals surface area contributed by atoms with Gasteiger partial charge in [0.15, 0.2) is 11.6 Å². The number of hydrogen-bond donors (Lipinski definition) is 0. The maximum atomic E-state index is 13.3. The van der Waals surface area contributed by atoms with Gasteiger partial charge in [-0.2, -0.15) is 23.4 Å². The number of halogens is 6. The third-order valence-corrected chi connectivity index (χ3v) is 8.09. The maximum absolute atomic E-state index is 13.3. The molecule has 4 rings (SSSR count). The van der Waals surface area contributed by atoms with Gasteiger partial charge in [-0.25, -0.2) is 0 Å². The number of fused-ring (bicyclic) bond motifs is 2. The highest BCUT2D eigenvalue weighted by Crippen LogP contribution is 2.39. The van der Waals surface area contributed by atoms with Gasteiger partial charge in [0, 0.05) is 66.0 Å². The summed E-state index contributed by atoms with van der Waals surface area (Å²) in [6.07, 6.45) is -3.07. The Kier molecular flexibility index (Phi) is 11.9. The first-order valence-corrected chi connectivity index (χ1v) is 15.1. The van der Waals surface area contributed by atoms with Gasteiger partial charge < -0.3 is 9.47 Å². The Bertz CT molecular complexity index is 1570. The summed E-state index contributed by atoms with van der Waals surface area (Å²) in [6.45, 7) is 5.15. The van der Waals surface area contributed by atoms with E-state index in [-0.39, 0.29) is 26.9 Å². The summed E-state index contributed by atoms with van der Waals surface area (Å²) in [6, 6.07) is 6.12. The summed E-state index contributed by atoms with van der Waals surface area (Å²) < 4.78 is 55.1. The van der Waals surface area contributed by atoms with Crippen LogP contribution in [0.2, 0.25) is 0 Å². The van der Waals surface area contributed by atoms with E-state index in [1.54, 1.807) is 21.1 Å². The normalized spacial score (nSPS) is 11.7. The van der Waals surface area contributed by atoms with E-state index in [0.717, 1.165) is 43.7 Å². The minimum Gasteiger partial charge on any atom is -0.385 e. The number of hydrogen-bond acceptors (Lipinski definition) is 6. The molecule has 14 heteroatoms. The molecule has 2 heterocycles. The second-order valence-electron chi connectivity index (χ2n) is 9.10. The summed E-state index contributed by atoms with van der Waals surface area (Å²) in [5, 5.41) is 9.61. The second-order valence-corrected chi connectivity index (χ2v) is 11.8. The number of aromatic nitrogens is 4. The third-order valence-electron chi connectivity index (χ3n) is 6.13. The largest absolute Gasteiger partial charge is 0.417 e. The highest BCUT2D eigenvalue weighted by Gasteiger charge is 2.35. The van der Waals surface area contributed by atoms with Gasteiger partial charge in [0.2, 0.25) is 0 Å². The van der Waals surface area contributed by atoms with Crippen molar-refractivity contribution in [1.29, 1.82) is 0 Å². The van der Waals surface area contributed by atoms with E-state index in [2.05, 4.69) is 64.6 Å². The fourth-order valence-corrected chi connectivity index (χ4v) is 6.61. The van der Waals surface area contributed by atoms with Crippen LogP contribution < -0.4 is 0 Å². The van der Waals surface area contributed by atoms with Crippen LogP contribution in [0, 0.1) is 3.57 Å². The van der Waals surface area contributed by atoms with Gasteiger partial charge in [-0.05, 0) is 105 Å². The number of alkyl halides is 3. The molecule has 0 saturated carbocycles. The number of aryl methyl sites for hydroxylation is 2. The molecular weight excluding hydrogens is 788 g/mol. The topological polar surface area (TPSA) is 88.2 Å². The molecule has 0 radical (unpaired) electrons. The number of ketones is 2. The predicted octanol–water partition coefficient (Wildman–Crippen LogP) is 7.70. The first-order chi connectivity index (χ1) is 19.3. The van der Waals surface area contributed by atoms with Crippen LogP contribution in [0.25, 0.3) is 21.8 Å². The molecule has 0 saturated heterocycles. The quantitative estimate of drug-likeness (QED) is 0.0927. The van der Waals surface area contributed by atoms with Crippen molar-refractivity contribution in [3.8, 4) is 0 Å². The number of benzene rings is 2. The molecule has 0 aliphatic carbocycles. The van der Waals surface area contributed by atoms with Crippen LogP contribution in [0.5, 0.6) is 0 Å². The van der Waals surface area contributed by atoms with Crippen molar-refractivity contribution < 1.29 is 32.2 Å². The molecule has 41 heavy (non-hydrogen) atoms. The molecule has 0 amide bonds. The zero-order chi connectivity index (χ0) is 30.5. The average molecular weight is 816 g/mol. The summed E-state index contributed by atoms with van der Waals surface area (Å²) in [5.74, 6) is -0.353. The number of ether oxygens (including phenoxy) is 2. The lowest BCUT2D eigenvalue weighted by Crippen LogP contribution is -2.09. The van der Waals surface area contributed by atoms with E-state index >= 15 is 0 Å². The summed E-state index contributed by atoms with van der Waals surface area (Å²) in [7, 11) is 3.24. The lowest BCUT2D eigenvalue weighted by molar-refractivity contribution is -0.136. The van der Waals surface area contributed by atoms with Crippen molar-refractivity contribution in [3.63, 3.8) is 0 Å². The number of methoxy groups -OCH3 is 2. The van der Waals surface area contributed by atoms with Gasteiger partial charge in [0.25, 0.3) is 0 Å². The smallest absolute Gasteiger partial charge is 0.385 e. The second kappa shape index (κ2) is 14.5. The van der Waals surface area contributed by atoms with Crippen molar-refractivity contribution in [3.05, 3.63) is 53.7 Å². The fourth-order valence-electron chi connectivity index (χ4n) is 4.16. The van der Waals surface area contributed by atoms with Crippen molar-refractivity contribution in [1.82, 2.24) is 19.6 Å². The number of rotatable bonds is 10. The molecule has 0 N–H and O–H groups in total. The van der Waals surface area contributed by atoms with E-state index in [9.17, 15) is 22.8 Å². The molecule has 0 aliphatic heterocycles. The molecule has 0 unspecified atom stereocenters. The molecule has 0 atom stereocenters. The number of carbonyl (C=O) groups excluding carboxylic acids is 2. The Morgan fingerprint density at radius 3 is 1.71 bits per heavy atom. The van der Waals surface area contributed by atoms with Gasteiger partial charge in [-0.3, -0.25) is 19.0 Å². The van der Waals surface area contributed by atoms with Gasteiger partial charge in [0.1, 0.15) is 9.21 Å². The average Bonchev–Trinajstić information content (AvgIpc) is 3.39. The van der Waals surface area contributed by atoms with Crippen LogP contribution in [0.3, 0.4) is 0 Å². The molecule has 0 fully saturated rings. The minimum absolute atomic E-state index is 0.0141. The Balaban J connectivity index is 0.000000228. The van der Waals surface area contributed by atoms with Crippen LogP contribution in [-0.4, -0.2) is 58.6 Å². The van der Waals surface area contributed by atoms with E-state index in [1.807, 2.05) is 16.8 Å². The van der Waals surface area contributed by atoms with Crippen molar-refractivity contribution in [2.24, 2.45) is 0 Å². The lowest BCUT2D eigenvalue weighted by atomic mass is 10.0. The highest BCUT2D eigenvalue weighted by molar-refractivity contribution is 14.1. The van der Waals surface area contributed by atoms with Crippen LogP contribution >= 0.6 is 54.5 Å². The van der Waals surface area contributed by atoms with E-state index in [4.69, 9.17) is 9.47 Å². The SMILES string of the molecule is COCCCn1nc(Br)c2c(C(F)(F)F)cc(C(C)=O)cc21.COCCCn1nc(Br)c2c(I)cc(C(C)=O)cc21. The molecular formula is C27H28Br2F3IN4O4. The first kappa shape index (κ1) is 33.6. The standard InChI is InChI=1S/C14H14BrF3N2O2.C13H14BrIN2O2/c1-8(21)9-6-10(14(16,17)18)12-11(7-9)20(19-13(12)15)4-3-5-22-2;1-8(18)9-6-10(15)12-11(7-9)17(16-13(12)14)4-3-5-19-2/h6-7H,3-5H2,1-2H3;6-7H,3-5H2,1-2H3. The molecule has 8 nitrogen and oxygen atoms in total. The number of nitrogens with zero attached hydrogens (tertiary/aromatic N) is 4. The summed E-state index contributed by atoms with van der Waals surface area (Å²) in [5.41, 5.74) is 1.14. The summed E-state index contributed by atoms with van der Waals surface area (Å²) >= 11 is 8.81. The molecule has 2 aromatic carbocycles. The lowest BCUT2D eigenvalue weighted by Gasteiger charge is -2.11. The van der Waals surface area contributed by atoms with E-state index in [1.165, 1.54) is 17.7 Å². The maximum Gasteiger partial charge on any atom is 0.417 e. The molecule has 2 aromatic heterocycles. The Hall–Kier alpha value is -1.88. The number of carbonyl (C=O) groups is 2. The monoisotopic (exact) mass is 814 g/mol. The first-order valence-electron chi connectivity index (χ1n) is 12.4. The Morgan fingerprint density at radius 1 is 0.829 bits per heavy atom. The van der Waals surface area contributed by atoms with Gasteiger partial charge >= 0.3 is 6.18 Å². The molecule has 0 aliphatic rings. The minimum atomic E-state index is -4.56. The van der Waals surface area contributed by atoms with Gasteiger partial charge in [-0.1, -0.05) is 0 Å². The highest BCUT2D eigenvalue weighted by atomic mass is 127. The number of Topliss-reactive ketones (excluding diaryl/α,β-unsaturated/α-hetero) is 2. The van der Waals surface area contributed by atoms with Crippen LogP contribution in [-0.2, 0) is 28.7 Å². The van der Waals surface area contributed by atoms with E-state index in [0.29, 0.717) is 26.2 Å². The van der Waals surface area contributed by atoms with Crippen molar-refractivity contribution >= 4 is 87.8 Å². The van der Waals surface area contributed by atoms with Gasteiger partial charge in [-0.15, -0.1) is 0 Å². The van der Waals surface area contributed by atoms with Crippen LogP contribution in [0.4, 0.5) is 13.2 Å². The Labute approximate surface area is 265 Å². The predicted molar refractivity (Wildman–Crippen MR) is 166 cm³/mol. The molecule has 0 bridgehead atoms. The van der Waals surface area contributed by atoms with Crippen molar-refractivity contribution in [2.45, 2.75) is 46.0 Å². The fraction of sp³-hybridized carbons (Fsp3) is 0.407. The van der Waals surface area contributed by atoms with Crippen molar-refractivity contribution in [2.75, 3.05) is 27.4 Å². The van der Waals surface area contributed by atoms with E-state index < -0.39 is 17.5 Å². The zero-order valence-electron chi connectivity index (χ0n) is 22.7. The third kappa shape index (κ3) is 8.15. The molecule has 222 valence electrons. The van der Waals surface area contributed by atoms with Crippen LogP contribution in [0.1, 0.15) is 53.0 Å².